The number of tetrazole rings is 1. The first-order valence-corrected chi connectivity index (χ1v) is 11.2. The molecule has 0 amide bonds. The summed E-state index contributed by atoms with van der Waals surface area (Å²) in [7, 11) is 0. The van der Waals surface area contributed by atoms with Gasteiger partial charge < -0.3 is 10.1 Å². The quantitative estimate of drug-likeness (QED) is 0.284. The highest BCUT2D eigenvalue weighted by molar-refractivity contribution is 6.43. The molecule has 9 heteroatoms. The van der Waals surface area contributed by atoms with Gasteiger partial charge in [-0.3, -0.25) is 4.98 Å². The molecule has 2 aromatic heterocycles. The van der Waals surface area contributed by atoms with Gasteiger partial charge in [-0.2, -0.15) is 4.68 Å². The highest BCUT2D eigenvalue weighted by Gasteiger charge is 2.16. The van der Waals surface area contributed by atoms with Crippen LogP contribution in [0.3, 0.4) is 0 Å². The number of anilines is 1. The van der Waals surface area contributed by atoms with Gasteiger partial charge in [0.2, 0.25) is 5.95 Å². The summed E-state index contributed by atoms with van der Waals surface area (Å²) >= 11 is 12.5. The predicted molar refractivity (Wildman–Crippen MR) is 133 cm³/mol. The van der Waals surface area contributed by atoms with Crippen molar-refractivity contribution in [3.8, 4) is 28.4 Å². The van der Waals surface area contributed by atoms with E-state index >= 15 is 0 Å². The first kappa shape index (κ1) is 21.9. The van der Waals surface area contributed by atoms with Gasteiger partial charge in [-0.15, -0.1) is 0 Å². The van der Waals surface area contributed by atoms with Crippen LogP contribution in [-0.2, 0) is 6.54 Å². The summed E-state index contributed by atoms with van der Waals surface area (Å²) in [6.45, 7) is 0.418. The minimum Gasteiger partial charge on any atom is -0.457 e. The number of hydrogen-bond acceptors (Lipinski definition) is 6. The molecule has 5 rings (SSSR count). The van der Waals surface area contributed by atoms with Gasteiger partial charge in [0.25, 0.3) is 0 Å². The summed E-state index contributed by atoms with van der Waals surface area (Å²) in [4.78, 5) is 4.64. The average molecular weight is 489 g/mol. The molecular weight excluding hydrogens is 471 g/mol. The van der Waals surface area contributed by atoms with Crippen molar-refractivity contribution in [2.24, 2.45) is 0 Å². The van der Waals surface area contributed by atoms with Crippen molar-refractivity contribution in [2.45, 2.75) is 6.54 Å². The van der Waals surface area contributed by atoms with E-state index in [2.05, 4.69) is 25.8 Å². The second-order valence-electron chi connectivity index (χ2n) is 7.26. The Bertz CT molecular complexity index is 1420. The zero-order valence-electron chi connectivity index (χ0n) is 17.8. The van der Waals surface area contributed by atoms with Crippen LogP contribution in [0.4, 0.5) is 5.95 Å². The van der Waals surface area contributed by atoms with Gasteiger partial charge in [0.1, 0.15) is 11.5 Å². The summed E-state index contributed by atoms with van der Waals surface area (Å²) in [6.07, 6.45) is 1.76. The van der Waals surface area contributed by atoms with Gasteiger partial charge >= 0.3 is 0 Å². The fraction of sp³-hybridized carbons (Fsp3) is 0.0400. The number of benzene rings is 3. The number of pyridine rings is 1. The van der Waals surface area contributed by atoms with E-state index in [0.717, 1.165) is 22.6 Å². The first-order chi connectivity index (χ1) is 16.7. The number of nitrogens with zero attached hydrogens (tertiary/aromatic N) is 5. The molecule has 1 N–H and O–H groups in total. The zero-order chi connectivity index (χ0) is 23.3. The van der Waals surface area contributed by atoms with Gasteiger partial charge in [0, 0.05) is 18.3 Å². The van der Waals surface area contributed by atoms with E-state index < -0.39 is 0 Å². The molecule has 0 fully saturated rings. The van der Waals surface area contributed by atoms with Gasteiger partial charge in [0.15, 0.2) is 0 Å². The molecule has 0 radical (unpaired) electrons. The van der Waals surface area contributed by atoms with Crippen LogP contribution in [0.2, 0.25) is 10.0 Å². The molecular formula is C25H18Cl2N6O. The lowest BCUT2D eigenvalue weighted by atomic mass is 10.0. The predicted octanol–water partition coefficient (Wildman–Crippen LogP) is 6.44. The Labute approximate surface area is 205 Å². The number of aromatic nitrogens is 5. The fourth-order valence-corrected chi connectivity index (χ4v) is 3.86. The maximum atomic E-state index is 6.36. The molecule has 0 bridgehead atoms. The molecule has 0 aliphatic heterocycles. The van der Waals surface area contributed by atoms with E-state index in [1.165, 1.54) is 4.68 Å². The van der Waals surface area contributed by atoms with Crippen molar-refractivity contribution in [1.29, 1.82) is 0 Å². The van der Waals surface area contributed by atoms with Crippen molar-refractivity contribution in [1.82, 2.24) is 25.2 Å². The van der Waals surface area contributed by atoms with Gasteiger partial charge in [-0.25, -0.2) is 0 Å². The SMILES string of the molecule is Clc1cccc(-n2nnnc2NCc2cccnc2-c2ccccc2Oc2ccccc2)c1Cl. The Hall–Kier alpha value is -3.94. The third-order valence-electron chi connectivity index (χ3n) is 5.07. The van der Waals surface area contributed by atoms with E-state index in [1.54, 1.807) is 24.4 Å². The zero-order valence-corrected chi connectivity index (χ0v) is 19.3. The minimum absolute atomic E-state index is 0.369. The van der Waals surface area contributed by atoms with Crippen LogP contribution in [-0.4, -0.2) is 25.2 Å². The summed E-state index contributed by atoms with van der Waals surface area (Å²) in [5.74, 6) is 1.89. The third kappa shape index (κ3) is 4.57. The number of ether oxygens (including phenoxy) is 1. The van der Waals surface area contributed by atoms with Crippen LogP contribution in [0.15, 0.2) is 91.1 Å². The minimum atomic E-state index is 0.369. The molecule has 0 saturated carbocycles. The summed E-state index contributed by atoms with van der Waals surface area (Å²) in [5, 5.41) is 16.0. The summed E-state index contributed by atoms with van der Waals surface area (Å²) in [6, 6.07) is 26.6. The van der Waals surface area contributed by atoms with Gasteiger partial charge in [0.05, 0.1) is 21.4 Å². The largest absolute Gasteiger partial charge is 0.457 e. The van der Waals surface area contributed by atoms with Crippen molar-refractivity contribution < 1.29 is 4.74 Å². The maximum Gasteiger partial charge on any atom is 0.248 e. The van der Waals surface area contributed by atoms with E-state index in [1.807, 2.05) is 66.7 Å². The van der Waals surface area contributed by atoms with E-state index in [4.69, 9.17) is 27.9 Å². The van der Waals surface area contributed by atoms with E-state index in [-0.39, 0.29) is 0 Å². The molecule has 0 unspecified atom stereocenters. The Morgan fingerprint density at radius 1 is 0.853 bits per heavy atom. The molecule has 0 aliphatic carbocycles. The normalized spacial score (nSPS) is 10.8. The Morgan fingerprint density at radius 2 is 1.68 bits per heavy atom. The van der Waals surface area contributed by atoms with Crippen LogP contribution in [0.25, 0.3) is 16.9 Å². The topological polar surface area (TPSA) is 77.8 Å². The van der Waals surface area contributed by atoms with Crippen molar-refractivity contribution >= 4 is 29.2 Å². The lowest BCUT2D eigenvalue weighted by Crippen LogP contribution is -2.09. The molecule has 0 aliphatic rings. The smallest absolute Gasteiger partial charge is 0.248 e. The van der Waals surface area contributed by atoms with Crippen LogP contribution in [0, 0.1) is 0 Å². The highest BCUT2D eigenvalue weighted by atomic mass is 35.5. The molecule has 7 nitrogen and oxygen atoms in total. The Balaban J connectivity index is 1.44. The average Bonchev–Trinajstić information content (AvgIpc) is 3.34. The second kappa shape index (κ2) is 9.91. The molecule has 0 spiro atoms. The van der Waals surface area contributed by atoms with Crippen LogP contribution < -0.4 is 10.1 Å². The number of hydrogen-bond donors (Lipinski definition) is 1. The number of halogens is 2. The molecule has 0 saturated heterocycles. The first-order valence-electron chi connectivity index (χ1n) is 10.4. The van der Waals surface area contributed by atoms with E-state index in [9.17, 15) is 0 Å². The summed E-state index contributed by atoms with van der Waals surface area (Å²) < 4.78 is 7.66. The third-order valence-corrected chi connectivity index (χ3v) is 5.88. The number of nitrogens with one attached hydrogen (secondary N) is 1. The fourth-order valence-electron chi connectivity index (χ4n) is 3.48. The lowest BCUT2D eigenvalue weighted by Gasteiger charge is -2.14. The maximum absolute atomic E-state index is 6.36. The molecule has 5 aromatic rings. The van der Waals surface area contributed by atoms with Crippen molar-refractivity contribution in [3.05, 3.63) is 107 Å². The molecule has 168 valence electrons. The van der Waals surface area contributed by atoms with Crippen LogP contribution in [0.1, 0.15) is 5.56 Å². The molecule has 34 heavy (non-hydrogen) atoms. The second-order valence-corrected chi connectivity index (χ2v) is 8.05. The van der Waals surface area contributed by atoms with Gasteiger partial charge in [-0.05, 0) is 58.5 Å². The highest BCUT2D eigenvalue weighted by Crippen LogP contribution is 2.34. The monoisotopic (exact) mass is 488 g/mol. The molecule has 3 aromatic carbocycles. The lowest BCUT2D eigenvalue weighted by molar-refractivity contribution is 0.484. The Kier molecular flexibility index (Phi) is 6.38. The van der Waals surface area contributed by atoms with Gasteiger partial charge in [-0.1, -0.05) is 70.8 Å². The number of para-hydroxylation sites is 2. The molecule has 0 atom stereocenters. The standard InChI is InChI=1S/C25H18Cl2N6O/c26-20-12-6-13-21(23(20)27)33-25(30-31-32-33)29-16-17-8-7-15-28-24(17)19-11-4-5-14-22(19)34-18-9-2-1-3-10-18/h1-15H,16H2,(H,29,30,32). The van der Waals surface area contributed by atoms with Crippen LogP contribution in [0.5, 0.6) is 11.5 Å². The Morgan fingerprint density at radius 3 is 2.56 bits per heavy atom. The summed E-state index contributed by atoms with van der Waals surface area (Å²) in [5.41, 5.74) is 3.19. The van der Waals surface area contributed by atoms with Crippen LogP contribution >= 0.6 is 23.2 Å². The van der Waals surface area contributed by atoms with E-state index in [0.29, 0.717) is 34.0 Å². The van der Waals surface area contributed by atoms with Crippen molar-refractivity contribution in [2.75, 3.05) is 5.32 Å². The molecule has 2 heterocycles. The van der Waals surface area contributed by atoms with Crippen molar-refractivity contribution in [3.63, 3.8) is 0 Å². The number of rotatable bonds is 7.